The van der Waals surface area contributed by atoms with Gasteiger partial charge < -0.3 is 4.57 Å². The summed E-state index contributed by atoms with van der Waals surface area (Å²) in [6.07, 6.45) is 1.98. The van der Waals surface area contributed by atoms with Crippen LogP contribution in [0.2, 0.25) is 0 Å². The van der Waals surface area contributed by atoms with Crippen molar-refractivity contribution in [1.82, 2.24) is 4.57 Å². The Hall–Kier alpha value is -2.87. The minimum atomic E-state index is 0.0881. The van der Waals surface area contributed by atoms with Gasteiger partial charge in [0.25, 0.3) is 0 Å². The van der Waals surface area contributed by atoms with E-state index in [0.29, 0.717) is 0 Å². The molecular formula is C21H17NO. The fourth-order valence-corrected chi connectivity index (χ4v) is 3.26. The number of aromatic nitrogens is 1. The molecule has 0 atom stereocenters. The fraction of sp³-hybridized carbons (Fsp3) is 0.0952. The van der Waals surface area contributed by atoms with Gasteiger partial charge in [0.2, 0.25) is 0 Å². The van der Waals surface area contributed by atoms with Crippen molar-refractivity contribution < 1.29 is 4.79 Å². The number of ketones is 1. The van der Waals surface area contributed by atoms with Crippen molar-refractivity contribution in [2.24, 2.45) is 0 Å². The lowest BCUT2D eigenvalue weighted by atomic mass is 9.97. The molecule has 0 spiro atoms. The zero-order valence-corrected chi connectivity index (χ0v) is 13.0. The van der Waals surface area contributed by atoms with Gasteiger partial charge in [-0.3, -0.25) is 4.79 Å². The molecule has 2 nitrogen and oxygen atoms in total. The zero-order valence-electron chi connectivity index (χ0n) is 13.0. The van der Waals surface area contributed by atoms with Crippen LogP contribution in [-0.4, -0.2) is 10.4 Å². The summed E-state index contributed by atoms with van der Waals surface area (Å²) in [4.78, 5) is 13.2. The van der Waals surface area contributed by atoms with Crippen LogP contribution in [0.5, 0.6) is 0 Å². The van der Waals surface area contributed by atoms with E-state index in [1.165, 1.54) is 0 Å². The highest BCUT2D eigenvalue weighted by Gasteiger charge is 2.17. The number of hydrogen-bond acceptors (Lipinski definition) is 1. The highest BCUT2D eigenvalue weighted by atomic mass is 16.1. The van der Waals surface area contributed by atoms with Gasteiger partial charge in [-0.15, -0.1) is 0 Å². The van der Waals surface area contributed by atoms with Crippen LogP contribution in [0, 0.1) is 0 Å². The van der Waals surface area contributed by atoms with Crippen molar-refractivity contribution in [2.45, 2.75) is 13.5 Å². The SMILES string of the molecule is CCn1cc(C(=O)c2cccc3ccccc23)c2ccccc21. The molecule has 23 heavy (non-hydrogen) atoms. The number of aryl methyl sites for hydroxylation is 1. The van der Waals surface area contributed by atoms with Gasteiger partial charge in [-0.2, -0.15) is 0 Å². The molecule has 0 aliphatic heterocycles. The number of carbonyl (C=O) groups excluding carboxylic acids is 1. The summed E-state index contributed by atoms with van der Waals surface area (Å²) >= 11 is 0. The average Bonchev–Trinajstić information content (AvgIpc) is 2.99. The van der Waals surface area contributed by atoms with Crippen LogP contribution in [-0.2, 0) is 6.54 Å². The number of fused-ring (bicyclic) bond motifs is 2. The topological polar surface area (TPSA) is 22.0 Å². The molecule has 0 aliphatic carbocycles. The van der Waals surface area contributed by atoms with E-state index in [1.54, 1.807) is 0 Å². The summed E-state index contributed by atoms with van der Waals surface area (Å²) in [5.41, 5.74) is 2.65. The first-order valence-corrected chi connectivity index (χ1v) is 7.90. The Labute approximate surface area is 135 Å². The van der Waals surface area contributed by atoms with Crippen molar-refractivity contribution in [3.05, 3.63) is 84.1 Å². The quantitative estimate of drug-likeness (QED) is 0.485. The maximum absolute atomic E-state index is 13.2. The van der Waals surface area contributed by atoms with E-state index in [-0.39, 0.29) is 5.78 Å². The molecule has 0 radical (unpaired) electrons. The van der Waals surface area contributed by atoms with Gasteiger partial charge in [-0.05, 0) is 23.8 Å². The van der Waals surface area contributed by atoms with Crippen LogP contribution in [0.3, 0.4) is 0 Å². The Balaban J connectivity index is 1.96. The van der Waals surface area contributed by atoms with Gasteiger partial charge in [0.1, 0.15) is 0 Å². The molecular weight excluding hydrogens is 282 g/mol. The molecule has 2 heteroatoms. The molecule has 4 aromatic rings. The zero-order chi connectivity index (χ0) is 15.8. The average molecular weight is 299 g/mol. The van der Waals surface area contributed by atoms with E-state index in [2.05, 4.69) is 17.6 Å². The Morgan fingerprint density at radius 1 is 0.826 bits per heavy atom. The fourth-order valence-electron chi connectivity index (χ4n) is 3.26. The summed E-state index contributed by atoms with van der Waals surface area (Å²) in [6, 6.07) is 22.1. The van der Waals surface area contributed by atoms with Crippen molar-refractivity contribution in [2.75, 3.05) is 0 Å². The molecule has 0 N–H and O–H groups in total. The minimum Gasteiger partial charge on any atom is -0.347 e. The van der Waals surface area contributed by atoms with Gasteiger partial charge in [-0.1, -0.05) is 60.7 Å². The monoisotopic (exact) mass is 299 g/mol. The maximum Gasteiger partial charge on any atom is 0.195 e. The van der Waals surface area contributed by atoms with Gasteiger partial charge >= 0.3 is 0 Å². The molecule has 0 amide bonds. The number of nitrogens with zero attached hydrogens (tertiary/aromatic N) is 1. The lowest BCUT2D eigenvalue weighted by Crippen LogP contribution is -2.01. The lowest BCUT2D eigenvalue weighted by Gasteiger charge is -2.05. The van der Waals surface area contributed by atoms with E-state index in [0.717, 1.165) is 39.3 Å². The van der Waals surface area contributed by atoms with Crippen LogP contribution in [0.15, 0.2) is 72.9 Å². The standard InChI is InChI=1S/C21H17NO/c1-2-22-14-19(17-11-5-6-13-20(17)22)21(23)18-12-7-9-15-8-3-4-10-16(15)18/h3-14H,2H2,1H3. The Bertz CT molecular complexity index is 1020. The van der Waals surface area contributed by atoms with Gasteiger partial charge in [0.15, 0.2) is 5.78 Å². The van der Waals surface area contributed by atoms with E-state index >= 15 is 0 Å². The molecule has 4 rings (SSSR count). The highest BCUT2D eigenvalue weighted by Crippen LogP contribution is 2.27. The number of benzene rings is 3. The smallest absolute Gasteiger partial charge is 0.195 e. The highest BCUT2D eigenvalue weighted by molar-refractivity contribution is 6.21. The molecule has 0 aliphatic rings. The van der Waals surface area contributed by atoms with E-state index in [9.17, 15) is 4.79 Å². The normalized spacial score (nSPS) is 11.2. The van der Waals surface area contributed by atoms with E-state index in [1.807, 2.05) is 66.9 Å². The predicted octanol–water partition coefficient (Wildman–Crippen LogP) is 5.05. The lowest BCUT2D eigenvalue weighted by molar-refractivity contribution is 0.104. The van der Waals surface area contributed by atoms with Crippen molar-refractivity contribution in [3.8, 4) is 0 Å². The second kappa shape index (κ2) is 5.40. The molecule has 0 saturated carbocycles. The first-order valence-electron chi connectivity index (χ1n) is 7.90. The molecule has 0 saturated heterocycles. The molecule has 0 fully saturated rings. The predicted molar refractivity (Wildman–Crippen MR) is 95.0 cm³/mol. The molecule has 1 heterocycles. The minimum absolute atomic E-state index is 0.0881. The second-order valence-corrected chi connectivity index (χ2v) is 5.70. The third-order valence-corrected chi connectivity index (χ3v) is 4.41. The third kappa shape index (κ3) is 2.15. The molecule has 112 valence electrons. The number of rotatable bonds is 3. The molecule has 1 aromatic heterocycles. The summed E-state index contributed by atoms with van der Waals surface area (Å²) in [6.45, 7) is 2.95. The summed E-state index contributed by atoms with van der Waals surface area (Å²) in [5, 5.41) is 3.12. The number of para-hydroxylation sites is 1. The Kier molecular flexibility index (Phi) is 3.23. The van der Waals surface area contributed by atoms with Gasteiger partial charge in [-0.25, -0.2) is 0 Å². The van der Waals surface area contributed by atoms with Crippen molar-refractivity contribution in [3.63, 3.8) is 0 Å². The van der Waals surface area contributed by atoms with Crippen molar-refractivity contribution >= 4 is 27.5 Å². The maximum atomic E-state index is 13.2. The van der Waals surface area contributed by atoms with Crippen molar-refractivity contribution in [1.29, 1.82) is 0 Å². The van der Waals surface area contributed by atoms with Gasteiger partial charge in [0, 0.05) is 34.8 Å². The molecule has 0 bridgehead atoms. The number of carbonyl (C=O) groups is 1. The summed E-state index contributed by atoms with van der Waals surface area (Å²) < 4.78 is 2.13. The van der Waals surface area contributed by atoms with E-state index < -0.39 is 0 Å². The number of hydrogen-bond donors (Lipinski definition) is 0. The van der Waals surface area contributed by atoms with E-state index in [4.69, 9.17) is 0 Å². The Morgan fingerprint density at radius 3 is 2.35 bits per heavy atom. The van der Waals surface area contributed by atoms with Crippen LogP contribution in [0.4, 0.5) is 0 Å². The summed E-state index contributed by atoms with van der Waals surface area (Å²) in [5.74, 6) is 0.0881. The molecule has 3 aromatic carbocycles. The van der Waals surface area contributed by atoms with Gasteiger partial charge in [0.05, 0.1) is 0 Å². The largest absolute Gasteiger partial charge is 0.347 e. The molecule has 0 unspecified atom stereocenters. The summed E-state index contributed by atoms with van der Waals surface area (Å²) in [7, 11) is 0. The second-order valence-electron chi connectivity index (χ2n) is 5.70. The van der Waals surface area contributed by atoms with Crippen LogP contribution in [0.25, 0.3) is 21.7 Å². The first-order chi connectivity index (χ1) is 11.3. The third-order valence-electron chi connectivity index (χ3n) is 4.41. The Morgan fingerprint density at radius 2 is 1.52 bits per heavy atom. The van der Waals surface area contributed by atoms with Crippen LogP contribution >= 0.6 is 0 Å². The first kappa shape index (κ1) is 13.8. The van der Waals surface area contributed by atoms with Crippen LogP contribution in [0.1, 0.15) is 22.8 Å². The van der Waals surface area contributed by atoms with Crippen LogP contribution < -0.4 is 0 Å².